The Morgan fingerprint density at radius 3 is 2.45 bits per heavy atom. The first kappa shape index (κ1) is 11.2. The summed E-state index contributed by atoms with van der Waals surface area (Å²) in [7, 11) is 0. The van der Waals surface area contributed by atoms with Gasteiger partial charge in [-0.1, -0.05) is 36.4 Å². The molecule has 0 saturated heterocycles. The highest BCUT2D eigenvalue weighted by molar-refractivity contribution is 6.09. The Morgan fingerprint density at radius 2 is 1.60 bits per heavy atom. The molecule has 0 unspecified atom stereocenters. The molecule has 0 aliphatic carbocycles. The van der Waals surface area contributed by atoms with Crippen molar-refractivity contribution in [2.45, 2.75) is 6.92 Å². The van der Waals surface area contributed by atoms with Crippen LogP contribution >= 0.6 is 0 Å². The zero-order valence-electron chi connectivity index (χ0n) is 11.2. The van der Waals surface area contributed by atoms with Gasteiger partial charge in [0.15, 0.2) is 0 Å². The molecule has 0 aliphatic heterocycles. The third-order valence-corrected chi connectivity index (χ3v) is 3.71. The molecular formula is C18H14N2. The van der Waals surface area contributed by atoms with Crippen molar-refractivity contribution in [2.75, 3.05) is 0 Å². The Bertz CT molecular complexity index is 905. The van der Waals surface area contributed by atoms with Gasteiger partial charge in [0.1, 0.15) is 5.82 Å². The highest BCUT2D eigenvalue weighted by atomic mass is 15.1. The Morgan fingerprint density at radius 1 is 0.800 bits per heavy atom. The van der Waals surface area contributed by atoms with Crippen LogP contribution in [0.15, 0.2) is 66.9 Å². The van der Waals surface area contributed by atoms with Crippen molar-refractivity contribution in [2.24, 2.45) is 0 Å². The van der Waals surface area contributed by atoms with E-state index in [4.69, 9.17) is 0 Å². The Kier molecular flexibility index (Phi) is 2.36. The number of nitrogens with zero attached hydrogens (tertiary/aromatic N) is 2. The fourth-order valence-electron chi connectivity index (χ4n) is 2.81. The first-order valence-electron chi connectivity index (χ1n) is 6.76. The Hall–Kier alpha value is -2.61. The summed E-state index contributed by atoms with van der Waals surface area (Å²) in [5.41, 5.74) is 3.68. The number of para-hydroxylation sites is 1. The summed E-state index contributed by atoms with van der Waals surface area (Å²) < 4.78 is 2.23. The number of hydrogen-bond donors (Lipinski definition) is 0. The summed E-state index contributed by atoms with van der Waals surface area (Å²) in [6, 6.07) is 21.1. The van der Waals surface area contributed by atoms with Crippen LogP contribution in [0.25, 0.3) is 27.6 Å². The van der Waals surface area contributed by atoms with E-state index in [1.165, 1.54) is 27.4 Å². The molecule has 2 nitrogen and oxygen atoms in total. The van der Waals surface area contributed by atoms with Crippen molar-refractivity contribution in [3.05, 3.63) is 72.4 Å². The SMILES string of the molecule is Cc1ccc2c3ccccc3n(-c3ccccn3)c2c1. The molecule has 96 valence electrons. The van der Waals surface area contributed by atoms with Crippen molar-refractivity contribution in [3.8, 4) is 5.82 Å². The second-order valence-electron chi connectivity index (χ2n) is 5.06. The van der Waals surface area contributed by atoms with Gasteiger partial charge in [-0.3, -0.25) is 4.57 Å². The normalized spacial score (nSPS) is 11.2. The molecule has 0 radical (unpaired) electrons. The van der Waals surface area contributed by atoms with E-state index in [-0.39, 0.29) is 0 Å². The van der Waals surface area contributed by atoms with E-state index in [0.29, 0.717) is 0 Å². The van der Waals surface area contributed by atoms with Crippen LogP contribution in [0.3, 0.4) is 0 Å². The molecule has 2 heterocycles. The molecule has 4 aromatic rings. The van der Waals surface area contributed by atoms with E-state index in [1.54, 1.807) is 0 Å². The van der Waals surface area contributed by atoms with E-state index in [9.17, 15) is 0 Å². The first-order chi connectivity index (χ1) is 9.84. The molecule has 2 heteroatoms. The third kappa shape index (κ3) is 1.55. The van der Waals surface area contributed by atoms with Gasteiger partial charge in [-0.25, -0.2) is 4.98 Å². The average Bonchev–Trinajstić information content (AvgIpc) is 2.81. The number of aryl methyl sites for hydroxylation is 1. The molecule has 0 bridgehead atoms. The molecule has 0 N–H and O–H groups in total. The van der Waals surface area contributed by atoms with Crippen LogP contribution in [-0.2, 0) is 0 Å². The number of rotatable bonds is 1. The lowest BCUT2D eigenvalue weighted by Gasteiger charge is -2.06. The van der Waals surface area contributed by atoms with Gasteiger partial charge in [-0.15, -0.1) is 0 Å². The molecule has 0 saturated carbocycles. The zero-order chi connectivity index (χ0) is 13.5. The van der Waals surface area contributed by atoms with Gasteiger partial charge in [-0.05, 0) is 36.8 Å². The summed E-state index contributed by atoms with van der Waals surface area (Å²) in [4.78, 5) is 4.51. The summed E-state index contributed by atoms with van der Waals surface area (Å²) in [6.45, 7) is 2.12. The third-order valence-electron chi connectivity index (χ3n) is 3.71. The van der Waals surface area contributed by atoms with Crippen LogP contribution in [-0.4, -0.2) is 9.55 Å². The van der Waals surface area contributed by atoms with Gasteiger partial charge < -0.3 is 0 Å². The molecule has 2 aromatic carbocycles. The van der Waals surface area contributed by atoms with Crippen LogP contribution < -0.4 is 0 Å². The average molecular weight is 258 g/mol. The summed E-state index contributed by atoms with van der Waals surface area (Å²) in [5.74, 6) is 0.962. The molecule has 0 spiro atoms. The summed E-state index contributed by atoms with van der Waals surface area (Å²) >= 11 is 0. The quantitative estimate of drug-likeness (QED) is 0.492. The Labute approximate surface area is 117 Å². The predicted molar refractivity (Wildman–Crippen MR) is 83.3 cm³/mol. The van der Waals surface area contributed by atoms with E-state index in [2.05, 4.69) is 58.9 Å². The van der Waals surface area contributed by atoms with E-state index in [0.717, 1.165) is 5.82 Å². The minimum absolute atomic E-state index is 0.962. The number of pyridine rings is 1. The van der Waals surface area contributed by atoms with Gasteiger partial charge in [-0.2, -0.15) is 0 Å². The van der Waals surface area contributed by atoms with Crippen molar-refractivity contribution in [3.63, 3.8) is 0 Å². The topological polar surface area (TPSA) is 17.8 Å². The predicted octanol–water partition coefficient (Wildman–Crippen LogP) is 4.49. The van der Waals surface area contributed by atoms with Crippen molar-refractivity contribution in [1.29, 1.82) is 0 Å². The molecule has 4 rings (SSSR count). The Balaban J connectivity index is 2.23. The summed E-state index contributed by atoms with van der Waals surface area (Å²) in [5, 5.41) is 2.55. The smallest absolute Gasteiger partial charge is 0.137 e. The van der Waals surface area contributed by atoms with Crippen LogP contribution in [0.1, 0.15) is 5.56 Å². The van der Waals surface area contributed by atoms with Gasteiger partial charge in [0.2, 0.25) is 0 Å². The number of hydrogen-bond acceptors (Lipinski definition) is 1. The van der Waals surface area contributed by atoms with Gasteiger partial charge in [0.25, 0.3) is 0 Å². The van der Waals surface area contributed by atoms with Gasteiger partial charge in [0, 0.05) is 17.0 Å². The largest absolute Gasteiger partial charge is 0.294 e. The highest BCUT2D eigenvalue weighted by Crippen LogP contribution is 2.31. The van der Waals surface area contributed by atoms with E-state index < -0.39 is 0 Å². The second kappa shape index (κ2) is 4.20. The monoisotopic (exact) mass is 258 g/mol. The number of benzene rings is 2. The van der Waals surface area contributed by atoms with Crippen molar-refractivity contribution >= 4 is 21.8 Å². The molecule has 0 atom stereocenters. The molecule has 2 aromatic heterocycles. The van der Waals surface area contributed by atoms with Gasteiger partial charge in [0.05, 0.1) is 11.0 Å². The molecular weight excluding hydrogens is 244 g/mol. The molecule has 20 heavy (non-hydrogen) atoms. The maximum atomic E-state index is 4.51. The van der Waals surface area contributed by atoms with Crippen molar-refractivity contribution < 1.29 is 0 Å². The first-order valence-corrected chi connectivity index (χ1v) is 6.76. The standard InChI is InChI=1S/C18H14N2/c1-13-9-10-15-14-6-2-3-7-16(14)20(17(15)12-13)18-8-4-5-11-19-18/h2-12H,1H3. The lowest BCUT2D eigenvalue weighted by atomic mass is 10.1. The fourth-order valence-corrected chi connectivity index (χ4v) is 2.81. The molecule has 0 fully saturated rings. The summed E-state index contributed by atoms with van der Waals surface area (Å²) in [6.07, 6.45) is 1.84. The van der Waals surface area contributed by atoms with Gasteiger partial charge >= 0.3 is 0 Å². The lowest BCUT2D eigenvalue weighted by molar-refractivity contribution is 1.08. The zero-order valence-corrected chi connectivity index (χ0v) is 11.2. The van der Waals surface area contributed by atoms with E-state index in [1.807, 2.05) is 24.4 Å². The highest BCUT2D eigenvalue weighted by Gasteiger charge is 2.11. The minimum Gasteiger partial charge on any atom is -0.294 e. The maximum absolute atomic E-state index is 4.51. The van der Waals surface area contributed by atoms with E-state index >= 15 is 0 Å². The van der Waals surface area contributed by atoms with Crippen LogP contribution in [0.2, 0.25) is 0 Å². The molecule has 0 aliphatic rings. The number of aromatic nitrogens is 2. The maximum Gasteiger partial charge on any atom is 0.137 e. The lowest BCUT2D eigenvalue weighted by Crippen LogP contribution is -1.96. The van der Waals surface area contributed by atoms with Crippen LogP contribution in [0, 0.1) is 6.92 Å². The van der Waals surface area contributed by atoms with Crippen LogP contribution in [0.5, 0.6) is 0 Å². The van der Waals surface area contributed by atoms with Crippen molar-refractivity contribution in [1.82, 2.24) is 9.55 Å². The molecule has 0 amide bonds. The second-order valence-corrected chi connectivity index (χ2v) is 5.06. The number of fused-ring (bicyclic) bond motifs is 3. The fraction of sp³-hybridized carbons (Fsp3) is 0.0556. The minimum atomic E-state index is 0.962. The van der Waals surface area contributed by atoms with Crippen LogP contribution in [0.4, 0.5) is 0 Å².